The fourth-order valence-corrected chi connectivity index (χ4v) is 3.26. The fourth-order valence-electron chi connectivity index (χ4n) is 3.06. The van der Waals surface area contributed by atoms with E-state index in [0.717, 1.165) is 39.6 Å². The number of nitrogens with one attached hydrogen (secondary N) is 1. The number of imidazole rings is 1. The molecule has 0 atom stereocenters. The Bertz CT molecular complexity index is 1070. The molecular weight excluding hydrogens is 370 g/mol. The van der Waals surface area contributed by atoms with Gasteiger partial charge in [-0.1, -0.05) is 43.6 Å². The molecular formula is C23H22ClN3O. The van der Waals surface area contributed by atoms with Gasteiger partial charge in [0.25, 0.3) is 0 Å². The number of fused-ring (bicyclic) bond motifs is 1. The highest BCUT2D eigenvalue weighted by Gasteiger charge is 2.11. The number of rotatable bonds is 6. The van der Waals surface area contributed by atoms with Gasteiger partial charge in [0.2, 0.25) is 0 Å². The lowest BCUT2D eigenvalue weighted by Crippen LogP contribution is -2.06. The molecule has 2 aromatic carbocycles. The molecule has 0 radical (unpaired) electrons. The van der Waals surface area contributed by atoms with Gasteiger partial charge in [-0.3, -0.25) is 0 Å². The van der Waals surface area contributed by atoms with Crippen LogP contribution in [0.3, 0.4) is 0 Å². The molecule has 0 unspecified atom stereocenters. The van der Waals surface area contributed by atoms with Crippen molar-refractivity contribution in [2.75, 3.05) is 6.61 Å². The first-order valence-electron chi connectivity index (χ1n) is 9.41. The number of ether oxygens (including phenoxy) is 1. The molecule has 2 aromatic heterocycles. The Morgan fingerprint density at radius 1 is 1.00 bits per heavy atom. The molecule has 1 N–H and O–H groups in total. The summed E-state index contributed by atoms with van der Waals surface area (Å²) >= 11 is 6.23. The second kappa shape index (κ2) is 8.03. The molecule has 0 fully saturated rings. The van der Waals surface area contributed by atoms with Gasteiger partial charge in [0, 0.05) is 22.7 Å². The number of para-hydroxylation sites is 2. The molecule has 0 bridgehead atoms. The SMILES string of the molecule is CC(C)COc1ccc(Cl)cc1Cc1cccc(-c2nc3ccccc3[nH]2)n1. The molecule has 4 aromatic rings. The summed E-state index contributed by atoms with van der Waals surface area (Å²) in [5.41, 5.74) is 4.73. The zero-order valence-electron chi connectivity index (χ0n) is 15.9. The van der Waals surface area contributed by atoms with Crippen molar-refractivity contribution in [3.63, 3.8) is 0 Å². The number of hydrogen-bond donors (Lipinski definition) is 1. The Hall–Kier alpha value is -2.85. The summed E-state index contributed by atoms with van der Waals surface area (Å²) < 4.78 is 5.98. The highest BCUT2D eigenvalue weighted by atomic mass is 35.5. The quantitative estimate of drug-likeness (QED) is 0.445. The molecule has 5 heteroatoms. The third-order valence-electron chi connectivity index (χ3n) is 4.41. The summed E-state index contributed by atoms with van der Waals surface area (Å²) in [6, 6.07) is 19.7. The van der Waals surface area contributed by atoms with Crippen LogP contribution in [0, 0.1) is 5.92 Å². The maximum Gasteiger partial charge on any atom is 0.157 e. The zero-order chi connectivity index (χ0) is 19.5. The minimum Gasteiger partial charge on any atom is -0.493 e. The van der Waals surface area contributed by atoms with Gasteiger partial charge in [-0.15, -0.1) is 0 Å². The number of aromatic nitrogens is 3. The summed E-state index contributed by atoms with van der Waals surface area (Å²) in [6.45, 7) is 4.93. The second-order valence-corrected chi connectivity index (χ2v) is 7.69. The van der Waals surface area contributed by atoms with Crippen LogP contribution in [0.1, 0.15) is 25.1 Å². The van der Waals surface area contributed by atoms with Gasteiger partial charge in [0.1, 0.15) is 11.4 Å². The van der Waals surface area contributed by atoms with E-state index in [-0.39, 0.29) is 0 Å². The van der Waals surface area contributed by atoms with Gasteiger partial charge in [-0.25, -0.2) is 9.97 Å². The van der Waals surface area contributed by atoms with Crippen LogP contribution in [0.15, 0.2) is 60.7 Å². The molecule has 0 aliphatic heterocycles. The smallest absolute Gasteiger partial charge is 0.157 e. The number of halogens is 1. The van der Waals surface area contributed by atoms with E-state index in [9.17, 15) is 0 Å². The van der Waals surface area contributed by atoms with E-state index in [2.05, 4.69) is 23.8 Å². The van der Waals surface area contributed by atoms with Crippen molar-refractivity contribution in [1.29, 1.82) is 0 Å². The first kappa shape index (κ1) is 18.5. The topological polar surface area (TPSA) is 50.8 Å². The van der Waals surface area contributed by atoms with Crippen LogP contribution in [-0.2, 0) is 6.42 Å². The van der Waals surface area contributed by atoms with E-state index >= 15 is 0 Å². The minimum absolute atomic E-state index is 0.457. The van der Waals surface area contributed by atoms with E-state index in [1.165, 1.54) is 0 Å². The van der Waals surface area contributed by atoms with Crippen LogP contribution in [0.4, 0.5) is 0 Å². The van der Waals surface area contributed by atoms with E-state index in [0.29, 0.717) is 24.0 Å². The summed E-state index contributed by atoms with van der Waals surface area (Å²) in [5, 5.41) is 0.695. The fraction of sp³-hybridized carbons (Fsp3) is 0.217. The number of H-pyrrole nitrogens is 1. The van der Waals surface area contributed by atoms with Gasteiger partial charge in [0.05, 0.1) is 17.6 Å². The molecule has 0 aliphatic rings. The monoisotopic (exact) mass is 391 g/mol. The maximum atomic E-state index is 6.23. The van der Waals surface area contributed by atoms with Crippen molar-refractivity contribution in [3.8, 4) is 17.3 Å². The Balaban J connectivity index is 1.62. The molecule has 0 saturated carbocycles. The molecule has 4 rings (SSSR count). The average molecular weight is 392 g/mol. The van der Waals surface area contributed by atoms with Gasteiger partial charge < -0.3 is 9.72 Å². The van der Waals surface area contributed by atoms with Crippen LogP contribution in [-0.4, -0.2) is 21.6 Å². The molecule has 0 amide bonds. The molecule has 2 heterocycles. The van der Waals surface area contributed by atoms with Crippen molar-refractivity contribution in [2.24, 2.45) is 5.92 Å². The lowest BCUT2D eigenvalue weighted by atomic mass is 10.1. The maximum absolute atomic E-state index is 6.23. The molecule has 4 nitrogen and oxygen atoms in total. The highest BCUT2D eigenvalue weighted by Crippen LogP contribution is 2.26. The number of nitrogens with zero attached hydrogens (tertiary/aromatic N) is 2. The van der Waals surface area contributed by atoms with E-state index in [1.807, 2.05) is 60.7 Å². The largest absolute Gasteiger partial charge is 0.493 e. The number of aromatic amines is 1. The van der Waals surface area contributed by atoms with Crippen LogP contribution in [0.5, 0.6) is 5.75 Å². The van der Waals surface area contributed by atoms with E-state index in [4.69, 9.17) is 21.3 Å². The Morgan fingerprint density at radius 3 is 2.68 bits per heavy atom. The normalized spacial score (nSPS) is 11.3. The van der Waals surface area contributed by atoms with Crippen molar-refractivity contribution in [2.45, 2.75) is 20.3 Å². The summed E-state index contributed by atoms with van der Waals surface area (Å²) in [5.74, 6) is 2.08. The lowest BCUT2D eigenvalue weighted by Gasteiger charge is -2.13. The Kier molecular flexibility index (Phi) is 5.31. The third-order valence-corrected chi connectivity index (χ3v) is 4.64. The second-order valence-electron chi connectivity index (χ2n) is 7.25. The highest BCUT2D eigenvalue weighted by molar-refractivity contribution is 6.30. The minimum atomic E-state index is 0.457. The van der Waals surface area contributed by atoms with Crippen molar-refractivity contribution in [1.82, 2.24) is 15.0 Å². The molecule has 28 heavy (non-hydrogen) atoms. The Morgan fingerprint density at radius 2 is 1.86 bits per heavy atom. The number of hydrogen-bond acceptors (Lipinski definition) is 3. The molecule has 0 spiro atoms. The summed E-state index contributed by atoms with van der Waals surface area (Å²) in [4.78, 5) is 12.8. The Labute approximate surface area is 169 Å². The first-order chi connectivity index (χ1) is 13.6. The van der Waals surface area contributed by atoms with E-state index in [1.54, 1.807) is 0 Å². The number of pyridine rings is 1. The van der Waals surface area contributed by atoms with Gasteiger partial charge in [-0.05, 0) is 48.4 Å². The van der Waals surface area contributed by atoms with Gasteiger partial charge >= 0.3 is 0 Å². The van der Waals surface area contributed by atoms with Crippen LogP contribution in [0.25, 0.3) is 22.6 Å². The van der Waals surface area contributed by atoms with Crippen molar-refractivity contribution < 1.29 is 4.74 Å². The predicted octanol–water partition coefficient (Wildman–Crippen LogP) is 5.90. The molecule has 0 saturated heterocycles. The average Bonchev–Trinajstić information content (AvgIpc) is 3.12. The number of benzene rings is 2. The summed E-state index contributed by atoms with van der Waals surface area (Å²) in [6.07, 6.45) is 0.641. The molecule has 142 valence electrons. The first-order valence-corrected chi connectivity index (χ1v) is 9.78. The van der Waals surface area contributed by atoms with Crippen LogP contribution < -0.4 is 4.74 Å². The molecule has 0 aliphatic carbocycles. The van der Waals surface area contributed by atoms with Crippen molar-refractivity contribution in [3.05, 3.63) is 76.9 Å². The van der Waals surface area contributed by atoms with Crippen LogP contribution in [0.2, 0.25) is 5.02 Å². The third kappa shape index (κ3) is 4.18. The zero-order valence-corrected chi connectivity index (χ0v) is 16.7. The van der Waals surface area contributed by atoms with Gasteiger partial charge in [-0.2, -0.15) is 0 Å². The lowest BCUT2D eigenvalue weighted by molar-refractivity contribution is 0.269. The standard InChI is InChI=1S/C23H22ClN3O/c1-15(2)14-28-22-11-10-17(24)12-16(22)13-18-6-5-9-21(25-18)23-26-19-7-3-4-8-20(19)27-23/h3-12,15H,13-14H2,1-2H3,(H,26,27). The van der Waals surface area contributed by atoms with Gasteiger partial charge in [0.15, 0.2) is 5.82 Å². The summed E-state index contributed by atoms with van der Waals surface area (Å²) in [7, 11) is 0. The van der Waals surface area contributed by atoms with Crippen molar-refractivity contribution >= 4 is 22.6 Å². The predicted molar refractivity (Wildman–Crippen MR) is 114 cm³/mol. The van der Waals surface area contributed by atoms with E-state index < -0.39 is 0 Å². The van der Waals surface area contributed by atoms with Crippen LogP contribution >= 0.6 is 11.6 Å².